The number of hydrogen-bond donors (Lipinski definition) is 1. The lowest BCUT2D eigenvalue weighted by Crippen LogP contribution is -2.09. The highest BCUT2D eigenvalue weighted by Gasteiger charge is 2.10. The van der Waals surface area contributed by atoms with Gasteiger partial charge >= 0.3 is 0 Å². The van der Waals surface area contributed by atoms with Crippen LogP contribution in [0.15, 0.2) is 21.8 Å². The quantitative estimate of drug-likeness (QED) is 0.380. The second-order valence-electron chi connectivity index (χ2n) is 2.86. The first-order valence-electron chi connectivity index (χ1n) is 4.21. The zero-order chi connectivity index (χ0) is 8.81. The third kappa shape index (κ3) is 2.49. The van der Waals surface area contributed by atoms with E-state index in [0.29, 0.717) is 6.04 Å². The van der Waals surface area contributed by atoms with Gasteiger partial charge in [-0.2, -0.15) is 0 Å². The summed E-state index contributed by atoms with van der Waals surface area (Å²) in [5.41, 5.74) is 1.11. The van der Waals surface area contributed by atoms with E-state index in [4.69, 9.17) is 5.21 Å². The number of nitrogens with zero attached hydrogens (tertiary/aromatic N) is 2. The summed E-state index contributed by atoms with van der Waals surface area (Å²) in [5.74, 6) is 0. The van der Waals surface area contributed by atoms with Crippen LogP contribution in [0, 0.1) is 0 Å². The average Bonchev–Trinajstić information content (AvgIpc) is 2.09. The highest BCUT2D eigenvalue weighted by atomic mass is 16.4. The summed E-state index contributed by atoms with van der Waals surface area (Å²) < 4.78 is 0. The van der Waals surface area contributed by atoms with Gasteiger partial charge < -0.3 is 5.21 Å². The summed E-state index contributed by atoms with van der Waals surface area (Å²) in [6, 6.07) is 0.436. The molecular weight excluding hydrogens is 152 g/mol. The minimum absolute atomic E-state index is 0.436. The maximum atomic E-state index is 8.29. The third-order valence-corrected chi connectivity index (χ3v) is 2.00. The molecule has 0 aromatic rings. The Labute approximate surface area is 72.5 Å². The van der Waals surface area contributed by atoms with E-state index in [1.165, 1.54) is 6.21 Å². The Hall–Kier alpha value is -1.12. The fourth-order valence-corrected chi connectivity index (χ4v) is 1.38. The van der Waals surface area contributed by atoms with Gasteiger partial charge in [0.2, 0.25) is 0 Å². The Morgan fingerprint density at radius 2 is 2.50 bits per heavy atom. The number of oxime groups is 1. The standard InChI is InChI=1S/C9H14N2O/c1-2-10-9-5-3-8(4-6-9)7-11-12/h2-3,7,9,12H,4-6H2,1H3/b10-2?,11-7+. The molecule has 66 valence electrons. The first-order valence-corrected chi connectivity index (χ1v) is 4.21. The number of allylic oxidation sites excluding steroid dienone is 1. The lowest BCUT2D eigenvalue weighted by atomic mass is 9.96. The van der Waals surface area contributed by atoms with E-state index < -0.39 is 0 Å². The van der Waals surface area contributed by atoms with Crippen molar-refractivity contribution >= 4 is 12.4 Å². The van der Waals surface area contributed by atoms with E-state index in [-0.39, 0.29) is 0 Å². The molecule has 0 bridgehead atoms. The van der Waals surface area contributed by atoms with Crippen LogP contribution in [0.5, 0.6) is 0 Å². The van der Waals surface area contributed by atoms with Gasteiger partial charge in [-0.3, -0.25) is 4.99 Å². The summed E-state index contributed by atoms with van der Waals surface area (Å²) in [5, 5.41) is 11.3. The van der Waals surface area contributed by atoms with Crippen LogP contribution in [0.25, 0.3) is 0 Å². The van der Waals surface area contributed by atoms with Crippen molar-refractivity contribution in [3.05, 3.63) is 11.6 Å². The lowest BCUT2D eigenvalue weighted by molar-refractivity contribution is 0.321. The van der Waals surface area contributed by atoms with Crippen molar-refractivity contribution in [1.29, 1.82) is 0 Å². The molecule has 1 rings (SSSR count). The fraction of sp³-hybridized carbons (Fsp3) is 0.556. The van der Waals surface area contributed by atoms with Crippen molar-refractivity contribution in [1.82, 2.24) is 0 Å². The van der Waals surface area contributed by atoms with Crippen LogP contribution in [0.3, 0.4) is 0 Å². The van der Waals surface area contributed by atoms with Crippen LogP contribution in [0.4, 0.5) is 0 Å². The van der Waals surface area contributed by atoms with Crippen molar-refractivity contribution < 1.29 is 5.21 Å². The molecule has 1 N–H and O–H groups in total. The van der Waals surface area contributed by atoms with E-state index >= 15 is 0 Å². The molecule has 0 aliphatic heterocycles. The van der Waals surface area contributed by atoms with Gasteiger partial charge in [0.05, 0.1) is 12.3 Å². The van der Waals surface area contributed by atoms with E-state index in [1.54, 1.807) is 0 Å². The minimum atomic E-state index is 0.436. The highest BCUT2D eigenvalue weighted by Crippen LogP contribution is 2.18. The second kappa shape index (κ2) is 4.70. The molecule has 0 aromatic carbocycles. The van der Waals surface area contributed by atoms with Gasteiger partial charge in [-0.25, -0.2) is 0 Å². The molecule has 3 heteroatoms. The Balaban J connectivity index is 2.47. The lowest BCUT2D eigenvalue weighted by Gasteiger charge is -2.15. The second-order valence-corrected chi connectivity index (χ2v) is 2.86. The van der Waals surface area contributed by atoms with Crippen molar-refractivity contribution in [3.63, 3.8) is 0 Å². The fourth-order valence-electron chi connectivity index (χ4n) is 1.38. The van der Waals surface area contributed by atoms with Crippen molar-refractivity contribution in [2.24, 2.45) is 10.1 Å². The van der Waals surface area contributed by atoms with Gasteiger partial charge in [0.15, 0.2) is 0 Å². The van der Waals surface area contributed by atoms with Gasteiger partial charge in [-0.1, -0.05) is 11.2 Å². The Kier molecular flexibility index (Phi) is 3.51. The molecule has 0 spiro atoms. The van der Waals surface area contributed by atoms with Gasteiger partial charge in [0.1, 0.15) is 0 Å². The molecule has 0 amide bonds. The first-order chi connectivity index (χ1) is 5.86. The Morgan fingerprint density at radius 1 is 1.67 bits per heavy atom. The van der Waals surface area contributed by atoms with E-state index in [0.717, 1.165) is 24.8 Å². The smallest absolute Gasteiger partial charge is 0.0690 e. The maximum Gasteiger partial charge on any atom is 0.0690 e. The van der Waals surface area contributed by atoms with Crippen LogP contribution in [-0.2, 0) is 0 Å². The van der Waals surface area contributed by atoms with E-state index in [2.05, 4.69) is 16.2 Å². The Bertz CT molecular complexity index is 219. The van der Waals surface area contributed by atoms with E-state index in [9.17, 15) is 0 Å². The molecule has 12 heavy (non-hydrogen) atoms. The minimum Gasteiger partial charge on any atom is -0.411 e. The molecule has 1 aliphatic rings. The molecule has 0 saturated heterocycles. The van der Waals surface area contributed by atoms with Gasteiger partial charge in [0, 0.05) is 0 Å². The summed E-state index contributed by atoms with van der Waals surface area (Å²) in [6.07, 6.45) is 8.43. The van der Waals surface area contributed by atoms with Crippen LogP contribution in [0.1, 0.15) is 26.2 Å². The molecule has 0 heterocycles. The molecule has 0 fully saturated rings. The molecular formula is C9H14N2O. The summed E-state index contributed by atoms with van der Waals surface area (Å²) in [7, 11) is 0. The van der Waals surface area contributed by atoms with E-state index in [1.807, 2.05) is 13.1 Å². The molecule has 1 aliphatic carbocycles. The number of rotatable bonds is 2. The monoisotopic (exact) mass is 166 g/mol. The topological polar surface area (TPSA) is 45.0 Å². The van der Waals surface area contributed by atoms with Gasteiger partial charge in [-0.05, 0) is 38.0 Å². The Morgan fingerprint density at radius 3 is 3.00 bits per heavy atom. The SMILES string of the molecule is CC=NC1CC=C(/C=N/O)CC1. The summed E-state index contributed by atoms with van der Waals surface area (Å²) >= 11 is 0. The van der Waals surface area contributed by atoms with Gasteiger partial charge in [-0.15, -0.1) is 0 Å². The largest absolute Gasteiger partial charge is 0.411 e. The predicted octanol–water partition coefficient (Wildman–Crippen LogP) is 2.02. The first kappa shape index (κ1) is 8.97. The normalized spacial score (nSPS) is 25.1. The molecule has 0 aromatic heterocycles. The predicted molar refractivity (Wildman–Crippen MR) is 50.2 cm³/mol. The third-order valence-electron chi connectivity index (χ3n) is 2.00. The molecule has 3 nitrogen and oxygen atoms in total. The zero-order valence-electron chi connectivity index (χ0n) is 7.27. The highest BCUT2D eigenvalue weighted by molar-refractivity contribution is 5.78. The van der Waals surface area contributed by atoms with Crippen LogP contribution >= 0.6 is 0 Å². The van der Waals surface area contributed by atoms with Crippen molar-refractivity contribution in [2.45, 2.75) is 32.2 Å². The molecule has 1 atom stereocenters. The molecule has 0 saturated carbocycles. The van der Waals surface area contributed by atoms with Crippen molar-refractivity contribution in [3.8, 4) is 0 Å². The van der Waals surface area contributed by atoms with Crippen LogP contribution < -0.4 is 0 Å². The average molecular weight is 166 g/mol. The number of aliphatic imine (C=N–C) groups is 1. The summed E-state index contributed by atoms with van der Waals surface area (Å²) in [4.78, 5) is 4.30. The molecule has 1 unspecified atom stereocenters. The summed E-state index contributed by atoms with van der Waals surface area (Å²) in [6.45, 7) is 1.94. The van der Waals surface area contributed by atoms with Crippen LogP contribution in [0.2, 0.25) is 0 Å². The zero-order valence-corrected chi connectivity index (χ0v) is 7.27. The van der Waals surface area contributed by atoms with Gasteiger partial charge in [0.25, 0.3) is 0 Å². The maximum absolute atomic E-state index is 8.29. The number of hydrogen-bond acceptors (Lipinski definition) is 3. The van der Waals surface area contributed by atoms with Crippen LogP contribution in [-0.4, -0.2) is 23.7 Å². The molecule has 0 radical (unpaired) electrons. The van der Waals surface area contributed by atoms with Crippen molar-refractivity contribution in [2.75, 3.05) is 0 Å².